The Morgan fingerprint density at radius 1 is 1.14 bits per heavy atom. The van der Waals surface area contributed by atoms with Crippen molar-refractivity contribution in [2.45, 2.75) is 20.0 Å². The van der Waals surface area contributed by atoms with E-state index in [9.17, 15) is 9.59 Å². The summed E-state index contributed by atoms with van der Waals surface area (Å²) in [6, 6.07) is 6.49. The maximum atomic E-state index is 11.7. The number of hydrogen-bond acceptors (Lipinski definition) is 5. The summed E-state index contributed by atoms with van der Waals surface area (Å²) in [5, 5.41) is 2.67. The Labute approximate surface area is 124 Å². The largest absolute Gasteiger partial charge is 0.459 e. The zero-order chi connectivity index (χ0) is 15.7. The van der Waals surface area contributed by atoms with Gasteiger partial charge in [-0.1, -0.05) is 0 Å². The highest BCUT2D eigenvalue weighted by Crippen LogP contribution is 2.11. The molecule has 21 heavy (non-hydrogen) atoms. The molecule has 0 aromatic heterocycles. The standard InChI is InChI=1S/C15H21NO5/c1-11(2)21-15(18)12-4-6-13(7-5-12)16-14(17)10-20-9-8-19-3/h4-7,11H,8-10H2,1-3H3,(H,16,17). The van der Waals surface area contributed by atoms with E-state index in [0.717, 1.165) is 0 Å². The molecule has 0 unspecified atom stereocenters. The van der Waals surface area contributed by atoms with E-state index < -0.39 is 0 Å². The van der Waals surface area contributed by atoms with Gasteiger partial charge in [0, 0.05) is 12.8 Å². The topological polar surface area (TPSA) is 73.9 Å². The van der Waals surface area contributed by atoms with Crippen LogP contribution in [0.25, 0.3) is 0 Å². The summed E-state index contributed by atoms with van der Waals surface area (Å²) in [7, 11) is 1.56. The number of esters is 1. The summed E-state index contributed by atoms with van der Waals surface area (Å²) in [5.41, 5.74) is 1.04. The Bertz CT molecular complexity index is 456. The summed E-state index contributed by atoms with van der Waals surface area (Å²) in [6.07, 6.45) is -0.166. The fourth-order valence-electron chi connectivity index (χ4n) is 1.48. The minimum Gasteiger partial charge on any atom is -0.459 e. The van der Waals surface area contributed by atoms with E-state index in [1.165, 1.54) is 0 Å². The van der Waals surface area contributed by atoms with E-state index in [4.69, 9.17) is 14.2 Å². The molecule has 6 nitrogen and oxygen atoms in total. The van der Waals surface area contributed by atoms with Crippen LogP contribution in [0.3, 0.4) is 0 Å². The van der Waals surface area contributed by atoms with Crippen LogP contribution in [-0.2, 0) is 19.0 Å². The van der Waals surface area contributed by atoms with Crippen LogP contribution in [-0.4, -0.2) is 44.9 Å². The Kier molecular flexibility index (Phi) is 7.42. The first-order valence-corrected chi connectivity index (χ1v) is 6.70. The first-order chi connectivity index (χ1) is 10.0. The van der Waals surface area contributed by atoms with Gasteiger partial charge in [0.25, 0.3) is 0 Å². The minimum atomic E-state index is -0.384. The molecule has 0 heterocycles. The number of hydrogen-bond donors (Lipinski definition) is 1. The lowest BCUT2D eigenvalue weighted by atomic mass is 10.2. The van der Waals surface area contributed by atoms with Crippen molar-refractivity contribution < 1.29 is 23.8 Å². The SMILES string of the molecule is COCCOCC(=O)Nc1ccc(C(=O)OC(C)C)cc1. The summed E-state index contributed by atoms with van der Waals surface area (Å²) in [5.74, 6) is -0.644. The van der Waals surface area contributed by atoms with Gasteiger partial charge in [-0.2, -0.15) is 0 Å². The van der Waals surface area contributed by atoms with Gasteiger partial charge in [-0.05, 0) is 38.1 Å². The molecule has 1 amide bonds. The highest BCUT2D eigenvalue weighted by molar-refractivity contribution is 5.93. The first kappa shape index (κ1) is 17.1. The fourth-order valence-corrected chi connectivity index (χ4v) is 1.48. The molecule has 6 heteroatoms. The zero-order valence-corrected chi connectivity index (χ0v) is 12.5. The van der Waals surface area contributed by atoms with Gasteiger partial charge < -0.3 is 19.5 Å². The molecule has 1 aromatic carbocycles. The van der Waals surface area contributed by atoms with E-state index in [1.807, 2.05) is 0 Å². The molecule has 0 aliphatic heterocycles. The van der Waals surface area contributed by atoms with Crippen molar-refractivity contribution in [3.8, 4) is 0 Å². The quantitative estimate of drug-likeness (QED) is 0.585. The predicted molar refractivity (Wildman–Crippen MR) is 78.3 cm³/mol. The van der Waals surface area contributed by atoms with Crippen LogP contribution in [0.1, 0.15) is 24.2 Å². The highest BCUT2D eigenvalue weighted by Gasteiger charge is 2.09. The maximum absolute atomic E-state index is 11.7. The van der Waals surface area contributed by atoms with Crippen molar-refractivity contribution in [3.63, 3.8) is 0 Å². The number of carbonyl (C=O) groups is 2. The fraction of sp³-hybridized carbons (Fsp3) is 0.467. The number of anilines is 1. The van der Waals surface area contributed by atoms with Crippen molar-refractivity contribution in [1.82, 2.24) is 0 Å². The van der Waals surface area contributed by atoms with Gasteiger partial charge in [0.2, 0.25) is 5.91 Å². The first-order valence-electron chi connectivity index (χ1n) is 6.70. The highest BCUT2D eigenvalue weighted by atomic mass is 16.5. The van der Waals surface area contributed by atoms with Crippen LogP contribution < -0.4 is 5.32 Å². The van der Waals surface area contributed by atoms with Gasteiger partial charge >= 0.3 is 5.97 Å². The lowest BCUT2D eigenvalue weighted by Gasteiger charge is -2.09. The molecule has 1 aromatic rings. The van der Waals surface area contributed by atoms with E-state index in [-0.39, 0.29) is 24.6 Å². The smallest absolute Gasteiger partial charge is 0.338 e. The second kappa shape index (κ2) is 9.10. The molecule has 0 atom stereocenters. The summed E-state index contributed by atoms with van der Waals surface area (Å²) in [6.45, 7) is 4.34. The Morgan fingerprint density at radius 3 is 2.38 bits per heavy atom. The molecule has 0 aliphatic carbocycles. The predicted octanol–water partition coefficient (Wildman–Crippen LogP) is 1.85. The van der Waals surface area contributed by atoms with Crippen LogP contribution in [0.5, 0.6) is 0 Å². The van der Waals surface area contributed by atoms with E-state index in [1.54, 1.807) is 45.2 Å². The molecule has 0 saturated heterocycles. The Hall–Kier alpha value is -1.92. The Morgan fingerprint density at radius 2 is 1.81 bits per heavy atom. The maximum Gasteiger partial charge on any atom is 0.338 e. The van der Waals surface area contributed by atoms with Crippen LogP contribution in [0.15, 0.2) is 24.3 Å². The number of benzene rings is 1. The summed E-state index contributed by atoms with van der Waals surface area (Å²) >= 11 is 0. The van der Waals surface area contributed by atoms with Crippen LogP contribution in [0, 0.1) is 0 Å². The van der Waals surface area contributed by atoms with Crippen LogP contribution in [0.2, 0.25) is 0 Å². The number of carbonyl (C=O) groups excluding carboxylic acids is 2. The van der Waals surface area contributed by atoms with Crippen molar-refractivity contribution in [2.75, 3.05) is 32.2 Å². The summed E-state index contributed by atoms with van der Waals surface area (Å²) < 4.78 is 15.0. The molecule has 0 bridgehead atoms. The normalized spacial score (nSPS) is 10.5. The third-order valence-corrected chi connectivity index (χ3v) is 2.41. The second-order valence-corrected chi connectivity index (χ2v) is 4.62. The second-order valence-electron chi connectivity index (χ2n) is 4.62. The molecule has 1 N–H and O–H groups in total. The number of ether oxygens (including phenoxy) is 3. The van der Waals surface area contributed by atoms with Crippen LogP contribution >= 0.6 is 0 Å². The van der Waals surface area contributed by atoms with Gasteiger partial charge in [0.05, 0.1) is 24.9 Å². The van der Waals surface area contributed by atoms with E-state index >= 15 is 0 Å². The number of amides is 1. The average Bonchev–Trinajstić information content (AvgIpc) is 2.43. The van der Waals surface area contributed by atoms with E-state index in [2.05, 4.69) is 5.32 Å². The molecular weight excluding hydrogens is 274 g/mol. The molecule has 0 spiro atoms. The molecule has 0 radical (unpaired) electrons. The molecule has 0 fully saturated rings. The third-order valence-electron chi connectivity index (χ3n) is 2.41. The monoisotopic (exact) mass is 295 g/mol. The van der Waals surface area contributed by atoms with Gasteiger partial charge in [-0.3, -0.25) is 4.79 Å². The Balaban J connectivity index is 2.43. The molecule has 0 aliphatic rings. The summed E-state index contributed by atoms with van der Waals surface area (Å²) in [4.78, 5) is 23.2. The lowest BCUT2D eigenvalue weighted by Crippen LogP contribution is -2.19. The molecule has 116 valence electrons. The van der Waals surface area contributed by atoms with Crippen molar-refractivity contribution >= 4 is 17.6 Å². The number of rotatable bonds is 8. The number of methoxy groups -OCH3 is 1. The molecular formula is C15H21NO5. The average molecular weight is 295 g/mol. The molecule has 1 rings (SSSR count). The van der Waals surface area contributed by atoms with Gasteiger partial charge in [-0.15, -0.1) is 0 Å². The minimum absolute atomic E-state index is 0.0412. The number of nitrogens with one attached hydrogen (secondary N) is 1. The van der Waals surface area contributed by atoms with Crippen LogP contribution in [0.4, 0.5) is 5.69 Å². The van der Waals surface area contributed by atoms with Gasteiger partial charge in [-0.25, -0.2) is 4.79 Å². The molecule has 0 saturated carbocycles. The van der Waals surface area contributed by atoms with Crippen molar-refractivity contribution in [2.24, 2.45) is 0 Å². The van der Waals surface area contributed by atoms with E-state index in [0.29, 0.717) is 24.5 Å². The van der Waals surface area contributed by atoms with Crippen molar-refractivity contribution in [3.05, 3.63) is 29.8 Å². The zero-order valence-electron chi connectivity index (χ0n) is 12.5. The van der Waals surface area contributed by atoms with Gasteiger partial charge in [0.1, 0.15) is 6.61 Å². The lowest BCUT2D eigenvalue weighted by molar-refractivity contribution is -0.121. The third kappa shape index (κ3) is 6.87. The van der Waals surface area contributed by atoms with Gasteiger partial charge in [0.15, 0.2) is 0 Å². The van der Waals surface area contributed by atoms with Crippen molar-refractivity contribution in [1.29, 1.82) is 0 Å².